The molecule has 2 rings (SSSR count). The highest BCUT2D eigenvalue weighted by Crippen LogP contribution is 2.27. The molecule has 1 aromatic carbocycles. The molecule has 1 unspecified atom stereocenters. The van der Waals surface area contributed by atoms with Crippen LogP contribution in [0.25, 0.3) is 0 Å². The molecule has 1 atom stereocenters. The second kappa shape index (κ2) is 4.79. The largest absolute Gasteiger partial charge is 0.248 e. The van der Waals surface area contributed by atoms with Crippen molar-refractivity contribution in [3.05, 3.63) is 53.4 Å². The Bertz CT molecular complexity index is 554. The first-order valence-electron chi connectivity index (χ1n) is 5.37. The zero-order valence-corrected chi connectivity index (χ0v) is 9.49. The number of hydrogen-bond acceptors (Lipinski definition) is 0. The van der Waals surface area contributed by atoms with Gasteiger partial charge in [-0.1, -0.05) is 12.2 Å². The van der Waals surface area contributed by atoms with E-state index in [1.54, 1.807) is 0 Å². The highest BCUT2D eigenvalue weighted by Gasteiger charge is 2.35. The van der Waals surface area contributed by atoms with Gasteiger partial charge in [0, 0.05) is 12.5 Å². The lowest BCUT2D eigenvalue weighted by molar-refractivity contribution is 0.315. The minimum absolute atomic E-state index is 0.0380. The van der Waals surface area contributed by atoms with Crippen LogP contribution in [0.3, 0.4) is 0 Å². The van der Waals surface area contributed by atoms with Gasteiger partial charge in [0.2, 0.25) is 7.28 Å². The first-order valence-corrected chi connectivity index (χ1v) is 5.37. The van der Waals surface area contributed by atoms with Gasteiger partial charge in [-0.3, -0.25) is 0 Å². The molecule has 0 N–H and O–H groups in total. The van der Waals surface area contributed by atoms with Crippen LogP contribution in [0, 0.1) is 23.3 Å². The van der Waals surface area contributed by atoms with Crippen LogP contribution in [-0.4, -0.2) is 12.8 Å². The summed E-state index contributed by atoms with van der Waals surface area (Å²) in [5.41, 5.74) is -3.49. The zero-order chi connectivity index (χ0) is 14.2. The minimum atomic E-state index is -2.42. The van der Waals surface area contributed by atoms with Crippen molar-refractivity contribution >= 4 is 12.7 Å². The standard InChI is InChI=1S/C12H7BF6/c14-6-2-1-3-12(19,5-6)13-9-10(17)7(15)4-8(16)11(9)18/h1-4,13H,5H2. The molecule has 0 amide bonds. The highest BCUT2D eigenvalue weighted by molar-refractivity contribution is 6.57. The molecule has 19 heavy (non-hydrogen) atoms. The van der Waals surface area contributed by atoms with E-state index in [1.807, 2.05) is 0 Å². The van der Waals surface area contributed by atoms with Gasteiger partial charge in [-0.05, 0) is 11.5 Å². The Labute approximate surface area is 105 Å². The first-order chi connectivity index (χ1) is 8.82. The molecule has 0 aromatic heterocycles. The smallest absolute Gasteiger partial charge is 0.217 e. The predicted octanol–water partition coefficient (Wildman–Crippen LogP) is 2.78. The van der Waals surface area contributed by atoms with Crippen molar-refractivity contribution in [1.82, 2.24) is 0 Å². The molecular formula is C12H7BF6. The average Bonchev–Trinajstić information content (AvgIpc) is 2.32. The third-order valence-electron chi connectivity index (χ3n) is 2.81. The molecule has 7 heteroatoms. The van der Waals surface area contributed by atoms with Crippen molar-refractivity contribution in [2.45, 2.75) is 12.0 Å². The zero-order valence-electron chi connectivity index (χ0n) is 9.49. The Morgan fingerprint density at radius 3 is 2.11 bits per heavy atom. The Balaban J connectivity index is 2.39. The van der Waals surface area contributed by atoms with Gasteiger partial charge in [0.05, 0.1) is 0 Å². The van der Waals surface area contributed by atoms with Gasteiger partial charge in [-0.2, -0.15) is 0 Å². The number of benzene rings is 1. The van der Waals surface area contributed by atoms with Gasteiger partial charge < -0.3 is 0 Å². The van der Waals surface area contributed by atoms with Crippen LogP contribution < -0.4 is 5.46 Å². The van der Waals surface area contributed by atoms with Crippen LogP contribution in [0.4, 0.5) is 26.3 Å². The summed E-state index contributed by atoms with van der Waals surface area (Å²) in [7, 11) is -0.989. The van der Waals surface area contributed by atoms with E-state index in [9.17, 15) is 26.3 Å². The quantitative estimate of drug-likeness (QED) is 0.442. The normalized spacial score (nSPS) is 22.3. The fraction of sp³-hybridized carbons (Fsp3) is 0.167. The molecule has 0 fully saturated rings. The van der Waals surface area contributed by atoms with E-state index in [-0.39, 0.29) is 6.07 Å². The Kier molecular flexibility index (Phi) is 3.47. The van der Waals surface area contributed by atoms with Crippen LogP contribution in [0.5, 0.6) is 0 Å². The number of allylic oxidation sites excluding steroid dienone is 4. The van der Waals surface area contributed by atoms with E-state index in [1.165, 1.54) is 0 Å². The summed E-state index contributed by atoms with van der Waals surface area (Å²) in [5, 5.41) is 0. The topological polar surface area (TPSA) is 0 Å². The van der Waals surface area contributed by atoms with Crippen molar-refractivity contribution in [2.24, 2.45) is 0 Å². The lowest BCUT2D eigenvalue weighted by Crippen LogP contribution is -2.41. The van der Waals surface area contributed by atoms with E-state index in [4.69, 9.17) is 0 Å². The summed E-state index contributed by atoms with van der Waals surface area (Å²) in [5.74, 6) is -7.39. The summed E-state index contributed by atoms with van der Waals surface area (Å²) in [4.78, 5) is 0. The number of alkyl halides is 1. The maximum absolute atomic E-state index is 14.2. The Morgan fingerprint density at radius 1 is 1.00 bits per heavy atom. The summed E-state index contributed by atoms with van der Waals surface area (Å²) in [6, 6.07) is 0.0380. The van der Waals surface area contributed by atoms with Crippen LogP contribution in [-0.2, 0) is 0 Å². The molecule has 100 valence electrons. The molecule has 0 nitrogen and oxygen atoms in total. The van der Waals surface area contributed by atoms with Crippen LogP contribution in [0.2, 0.25) is 0 Å². The SMILES string of the molecule is FC1=CC=CC(F)(Bc2c(F)c(F)cc(F)c2F)C1. The second-order valence-electron chi connectivity index (χ2n) is 4.31. The molecule has 0 heterocycles. The third kappa shape index (κ3) is 2.69. The highest BCUT2D eigenvalue weighted by atomic mass is 19.2. The van der Waals surface area contributed by atoms with Crippen molar-refractivity contribution in [1.29, 1.82) is 0 Å². The number of hydrogen-bond donors (Lipinski definition) is 0. The van der Waals surface area contributed by atoms with Crippen molar-refractivity contribution < 1.29 is 26.3 Å². The maximum Gasteiger partial charge on any atom is 0.217 e. The van der Waals surface area contributed by atoms with Crippen molar-refractivity contribution in [2.75, 3.05) is 0 Å². The summed E-state index contributed by atoms with van der Waals surface area (Å²) in [6.45, 7) is 0. The molecule has 0 radical (unpaired) electrons. The van der Waals surface area contributed by atoms with E-state index in [2.05, 4.69) is 0 Å². The van der Waals surface area contributed by atoms with Gasteiger partial charge in [0.25, 0.3) is 0 Å². The van der Waals surface area contributed by atoms with Crippen LogP contribution in [0.1, 0.15) is 6.42 Å². The van der Waals surface area contributed by atoms with Crippen molar-refractivity contribution in [3.8, 4) is 0 Å². The van der Waals surface area contributed by atoms with E-state index >= 15 is 0 Å². The number of halogens is 6. The summed E-state index contributed by atoms with van der Waals surface area (Å²) >= 11 is 0. The fourth-order valence-electron chi connectivity index (χ4n) is 1.92. The molecule has 0 saturated carbocycles. The molecule has 0 spiro atoms. The van der Waals surface area contributed by atoms with Crippen LogP contribution in [0.15, 0.2) is 30.1 Å². The van der Waals surface area contributed by atoms with E-state index < -0.39 is 53.8 Å². The maximum atomic E-state index is 14.2. The monoisotopic (exact) mass is 276 g/mol. The summed E-state index contributed by atoms with van der Waals surface area (Å²) < 4.78 is 79.9. The fourth-order valence-corrected chi connectivity index (χ4v) is 1.92. The van der Waals surface area contributed by atoms with E-state index in [0.29, 0.717) is 0 Å². The third-order valence-corrected chi connectivity index (χ3v) is 2.81. The van der Waals surface area contributed by atoms with Gasteiger partial charge in [0.1, 0.15) is 11.4 Å². The lowest BCUT2D eigenvalue weighted by atomic mass is 9.54. The minimum Gasteiger partial charge on any atom is -0.248 e. The predicted molar refractivity (Wildman–Crippen MR) is 59.8 cm³/mol. The molecule has 1 aliphatic carbocycles. The van der Waals surface area contributed by atoms with Gasteiger partial charge in [-0.15, -0.1) is 0 Å². The lowest BCUT2D eigenvalue weighted by Gasteiger charge is -2.22. The molecule has 1 aliphatic rings. The van der Waals surface area contributed by atoms with Gasteiger partial charge in [0.15, 0.2) is 23.3 Å². The molecule has 1 aromatic rings. The molecular weight excluding hydrogens is 269 g/mol. The van der Waals surface area contributed by atoms with Gasteiger partial charge in [-0.25, -0.2) is 26.3 Å². The van der Waals surface area contributed by atoms with Crippen molar-refractivity contribution in [3.63, 3.8) is 0 Å². The summed E-state index contributed by atoms with van der Waals surface area (Å²) in [6.07, 6.45) is 2.21. The number of rotatable bonds is 2. The van der Waals surface area contributed by atoms with Gasteiger partial charge >= 0.3 is 0 Å². The first kappa shape index (κ1) is 13.8. The second-order valence-corrected chi connectivity index (χ2v) is 4.31. The van der Waals surface area contributed by atoms with E-state index in [0.717, 1.165) is 18.2 Å². The molecule has 0 saturated heterocycles. The van der Waals surface area contributed by atoms with Crippen LogP contribution >= 0.6 is 0 Å². The Morgan fingerprint density at radius 2 is 1.58 bits per heavy atom. The molecule has 0 aliphatic heterocycles. The average molecular weight is 276 g/mol. The molecule has 0 bridgehead atoms. The Hall–Kier alpha value is -1.66.